The molecule has 1 aromatic heterocycles. The molecule has 130 valence electrons. The van der Waals surface area contributed by atoms with Crippen molar-refractivity contribution in [2.45, 2.75) is 13.8 Å². The van der Waals surface area contributed by atoms with Crippen LogP contribution in [0.4, 0.5) is 0 Å². The van der Waals surface area contributed by atoms with Crippen molar-refractivity contribution >= 4 is 33.7 Å². The summed E-state index contributed by atoms with van der Waals surface area (Å²) in [6.07, 6.45) is 5.68. The van der Waals surface area contributed by atoms with Crippen LogP contribution in [0.2, 0.25) is 0 Å². The van der Waals surface area contributed by atoms with Gasteiger partial charge in [0.25, 0.3) is 0 Å². The lowest BCUT2D eigenvalue weighted by molar-refractivity contribution is 0.487. The van der Waals surface area contributed by atoms with Crippen LogP contribution in [-0.2, 0) is 0 Å². The molecule has 4 aromatic rings. The summed E-state index contributed by atoms with van der Waals surface area (Å²) >= 11 is 0. The van der Waals surface area contributed by atoms with Crippen LogP contribution < -0.4 is 4.74 Å². The number of rotatable bonds is 2. The van der Waals surface area contributed by atoms with E-state index in [1.165, 1.54) is 16.5 Å². The van der Waals surface area contributed by atoms with E-state index < -0.39 is 0 Å². The van der Waals surface area contributed by atoms with Crippen LogP contribution in [0.3, 0.4) is 0 Å². The van der Waals surface area contributed by atoms with Gasteiger partial charge >= 0.3 is 0 Å². The molecule has 0 saturated heterocycles. The highest BCUT2D eigenvalue weighted by atomic mass is 16.5. The number of pyridine rings is 1. The zero-order chi connectivity index (χ0) is 18.7. The van der Waals surface area contributed by atoms with Crippen LogP contribution in [0.25, 0.3) is 45.0 Å². The Bertz CT molecular complexity index is 1300. The number of benzene rings is 3. The molecule has 3 aromatic carbocycles. The van der Waals surface area contributed by atoms with Crippen molar-refractivity contribution in [1.29, 1.82) is 0 Å². The van der Waals surface area contributed by atoms with Gasteiger partial charge in [0.1, 0.15) is 11.5 Å². The lowest BCUT2D eigenvalue weighted by Crippen LogP contribution is -2.01. The fourth-order valence-electron chi connectivity index (χ4n) is 4.14. The Balaban J connectivity index is 1.95. The Kier molecular flexibility index (Phi) is 3.26. The quantitative estimate of drug-likeness (QED) is 0.318. The molecule has 2 heterocycles. The first-order valence-electron chi connectivity index (χ1n) is 9.05. The van der Waals surface area contributed by atoms with Gasteiger partial charge in [-0.1, -0.05) is 37.4 Å². The van der Waals surface area contributed by atoms with Crippen molar-refractivity contribution in [3.05, 3.63) is 78.0 Å². The second kappa shape index (κ2) is 5.55. The van der Waals surface area contributed by atoms with E-state index >= 15 is 0 Å². The SMILES string of the molecule is C=Cc1cc2c(cc1C)-c1nccc3c1c(cc1c(C=C)c(C)ccc13)O2. The second-order valence-electron chi connectivity index (χ2n) is 7.06. The Morgan fingerprint density at radius 1 is 0.852 bits per heavy atom. The van der Waals surface area contributed by atoms with E-state index in [4.69, 9.17) is 9.72 Å². The molecule has 0 spiro atoms. The molecular formula is C25H19NO. The number of ether oxygens (including phenoxy) is 1. The third kappa shape index (κ3) is 2.10. The highest BCUT2D eigenvalue weighted by Gasteiger charge is 2.24. The van der Waals surface area contributed by atoms with Gasteiger partial charge in [-0.15, -0.1) is 0 Å². The van der Waals surface area contributed by atoms with Gasteiger partial charge < -0.3 is 4.74 Å². The minimum atomic E-state index is 0.829. The number of hydrogen-bond acceptors (Lipinski definition) is 2. The predicted molar refractivity (Wildman–Crippen MR) is 114 cm³/mol. The summed E-state index contributed by atoms with van der Waals surface area (Å²) in [6, 6.07) is 12.7. The van der Waals surface area contributed by atoms with Crippen molar-refractivity contribution < 1.29 is 4.74 Å². The van der Waals surface area contributed by atoms with Gasteiger partial charge in [0, 0.05) is 11.8 Å². The summed E-state index contributed by atoms with van der Waals surface area (Å²) in [5.74, 6) is 1.68. The topological polar surface area (TPSA) is 22.1 Å². The average Bonchev–Trinajstić information content (AvgIpc) is 2.68. The lowest BCUT2D eigenvalue weighted by atomic mass is 9.91. The summed E-state index contributed by atoms with van der Waals surface area (Å²) in [5.41, 5.74) is 6.61. The van der Waals surface area contributed by atoms with E-state index in [0.29, 0.717) is 0 Å². The highest BCUT2D eigenvalue weighted by molar-refractivity contribution is 6.17. The number of nitrogens with zero attached hydrogens (tertiary/aromatic N) is 1. The number of fused-ring (bicyclic) bond motifs is 4. The molecule has 0 bridgehead atoms. The van der Waals surface area contributed by atoms with Crippen LogP contribution in [-0.4, -0.2) is 4.98 Å². The van der Waals surface area contributed by atoms with Crippen molar-refractivity contribution in [2.75, 3.05) is 0 Å². The molecule has 0 radical (unpaired) electrons. The molecule has 0 saturated carbocycles. The Morgan fingerprint density at radius 3 is 2.48 bits per heavy atom. The molecule has 0 amide bonds. The fourth-order valence-corrected chi connectivity index (χ4v) is 4.14. The molecule has 1 aliphatic heterocycles. The van der Waals surface area contributed by atoms with Gasteiger partial charge in [-0.2, -0.15) is 0 Å². The van der Waals surface area contributed by atoms with Crippen molar-refractivity contribution in [3.8, 4) is 22.8 Å². The van der Waals surface area contributed by atoms with Crippen LogP contribution in [0.1, 0.15) is 22.3 Å². The summed E-state index contributed by atoms with van der Waals surface area (Å²) in [7, 11) is 0. The summed E-state index contributed by atoms with van der Waals surface area (Å²) in [4.78, 5) is 4.72. The van der Waals surface area contributed by atoms with E-state index in [1.807, 2.05) is 18.3 Å². The molecule has 2 heteroatoms. The molecular weight excluding hydrogens is 330 g/mol. The zero-order valence-corrected chi connectivity index (χ0v) is 15.5. The van der Waals surface area contributed by atoms with Gasteiger partial charge in [-0.25, -0.2) is 0 Å². The fraction of sp³-hybridized carbons (Fsp3) is 0.0800. The smallest absolute Gasteiger partial charge is 0.138 e. The molecule has 2 nitrogen and oxygen atoms in total. The normalized spacial score (nSPS) is 11.9. The van der Waals surface area contributed by atoms with Gasteiger partial charge in [0.15, 0.2) is 0 Å². The minimum Gasteiger partial charge on any atom is -0.456 e. The third-order valence-electron chi connectivity index (χ3n) is 5.54. The first-order chi connectivity index (χ1) is 13.1. The monoisotopic (exact) mass is 349 g/mol. The van der Waals surface area contributed by atoms with Gasteiger partial charge in [-0.05, 0) is 76.5 Å². The van der Waals surface area contributed by atoms with E-state index in [-0.39, 0.29) is 0 Å². The maximum atomic E-state index is 6.37. The molecule has 0 aliphatic carbocycles. The third-order valence-corrected chi connectivity index (χ3v) is 5.54. The Morgan fingerprint density at radius 2 is 1.70 bits per heavy atom. The standard InChI is InChI=1S/C25H19NO/c1-5-16-12-22-21(11-15(16)4)25-24-19(9-10-26-25)18-8-7-14(3)17(6-2)20(18)13-23(24)27-22/h5-13H,1-2H2,3-4H3. The van der Waals surface area contributed by atoms with Crippen LogP contribution >= 0.6 is 0 Å². The van der Waals surface area contributed by atoms with Gasteiger partial charge in [0.2, 0.25) is 0 Å². The molecule has 0 N–H and O–H groups in total. The Hall–Kier alpha value is -3.39. The molecule has 27 heavy (non-hydrogen) atoms. The zero-order valence-electron chi connectivity index (χ0n) is 15.5. The summed E-state index contributed by atoms with van der Waals surface area (Å²) in [6.45, 7) is 12.1. The molecule has 5 rings (SSSR count). The van der Waals surface area contributed by atoms with E-state index in [2.05, 4.69) is 63.4 Å². The average molecular weight is 349 g/mol. The molecule has 1 aliphatic rings. The van der Waals surface area contributed by atoms with Gasteiger partial charge in [-0.3, -0.25) is 4.98 Å². The van der Waals surface area contributed by atoms with Crippen molar-refractivity contribution in [2.24, 2.45) is 0 Å². The van der Waals surface area contributed by atoms with Gasteiger partial charge in [0.05, 0.1) is 11.1 Å². The number of aromatic nitrogens is 1. The lowest BCUT2D eigenvalue weighted by Gasteiger charge is -2.23. The van der Waals surface area contributed by atoms with E-state index in [1.54, 1.807) is 0 Å². The summed E-state index contributed by atoms with van der Waals surface area (Å²) in [5, 5.41) is 4.59. The highest BCUT2D eigenvalue weighted by Crippen LogP contribution is 2.48. The molecule has 0 fully saturated rings. The second-order valence-corrected chi connectivity index (χ2v) is 7.06. The van der Waals surface area contributed by atoms with E-state index in [9.17, 15) is 0 Å². The first kappa shape index (κ1) is 15.8. The van der Waals surface area contributed by atoms with Crippen LogP contribution in [0.15, 0.2) is 55.8 Å². The molecule has 0 atom stereocenters. The first-order valence-corrected chi connectivity index (χ1v) is 9.05. The van der Waals surface area contributed by atoms with Crippen molar-refractivity contribution in [3.63, 3.8) is 0 Å². The number of hydrogen-bond donors (Lipinski definition) is 0. The molecule has 0 unspecified atom stereocenters. The number of aryl methyl sites for hydroxylation is 2. The van der Waals surface area contributed by atoms with Crippen LogP contribution in [0.5, 0.6) is 11.5 Å². The van der Waals surface area contributed by atoms with E-state index in [0.717, 1.165) is 50.0 Å². The maximum absolute atomic E-state index is 6.37. The Labute approximate surface area is 158 Å². The largest absolute Gasteiger partial charge is 0.456 e. The minimum absolute atomic E-state index is 0.829. The van der Waals surface area contributed by atoms with Crippen LogP contribution in [0, 0.1) is 13.8 Å². The van der Waals surface area contributed by atoms with Crippen molar-refractivity contribution in [1.82, 2.24) is 4.98 Å². The predicted octanol–water partition coefficient (Wildman–Crippen LogP) is 7.06. The maximum Gasteiger partial charge on any atom is 0.138 e. The summed E-state index contributed by atoms with van der Waals surface area (Å²) < 4.78 is 6.37.